The van der Waals surface area contributed by atoms with E-state index in [-0.39, 0.29) is 27.6 Å². The molecule has 7 heteroatoms. The SMILES string of the molecule is CN(C1CCC1)S(=O)(=O)c1c(Cl)cc(C#CCO)cc1Cl. The topological polar surface area (TPSA) is 57.6 Å². The van der Waals surface area contributed by atoms with Crippen LogP contribution in [0.1, 0.15) is 24.8 Å². The molecule has 1 aliphatic carbocycles. The Morgan fingerprint density at radius 1 is 1.33 bits per heavy atom. The standard InChI is InChI=1S/C14H15Cl2NO3S/c1-17(11-5-2-6-11)21(19,20)14-12(15)8-10(4-3-7-18)9-13(14)16/h8-9,11,18H,2,5-7H2,1H3. The summed E-state index contributed by atoms with van der Waals surface area (Å²) < 4.78 is 26.6. The Hall–Kier alpha value is -0.770. The van der Waals surface area contributed by atoms with Gasteiger partial charge in [0.1, 0.15) is 11.5 Å². The van der Waals surface area contributed by atoms with Crippen molar-refractivity contribution in [1.29, 1.82) is 0 Å². The van der Waals surface area contributed by atoms with Crippen LogP contribution in [0.2, 0.25) is 10.0 Å². The van der Waals surface area contributed by atoms with E-state index in [1.807, 2.05) is 0 Å². The summed E-state index contributed by atoms with van der Waals surface area (Å²) in [5.74, 6) is 5.12. The van der Waals surface area contributed by atoms with E-state index in [4.69, 9.17) is 28.3 Å². The monoisotopic (exact) mass is 347 g/mol. The van der Waals surface area contributed by atoms with E-state index in [1.54, 1.807) is 7.05 Å². The van der Waals surface area contributed by atoms with E-state index in [9.17, 15) is 8.42 Å². The lowest BCUT2D eigenvalue weighted by Crippen LogP contribution is -2.41. The third-order valence-corrected chi connectivity index (χ3v) is 6.37. The molecule has 114 valence electrons. The van der Waals surface area contributed by atoms with Crippen LogP contribution in [0.25, 0.3) is 0 Å². The van der Waals surface area contributed by atoms with Crippen molar-refractivity contribution in [2.45, 2.75) is 30.2 Å². The minimum absolute atomic E-state index is 0.0102. The van der Waals surface area contributed by atoms with E-state index in [0.717, 1.165) is 19.3 Å². The molecule has 0 spiro atoms. The van der Waals surface area contributed by atoms with Crippen molar-refractivity contribution in [2.75, 3.05) is 13.7 Å². The fourth-order valence-electron chi connectivity index (χ4n) is 2.11. The molecule has 0 radical (unpaired) electrons. The molecule has 1 aliphatic rings. The van der Waals surface area contributed by atoms with Crippen LogP contribution in [0.5, 0.6) is 0 Å². The molecule has 0 aromatic heterocycles. The molecule has 1 fully saturated rings. The van der Waals surface area contributed by atoms with Gasteiger partial charge in [-0.2, -0.15) is 4.31 Å². The Kier molecular flexibility index (Phi) is 5.18. The Morgan fingerprint density at radius 3 is 2.33 bits per heavy atom. The molecule has 0 saturated heterocycles. The van der Waals surface area contributed by atoms with E-state index in [0.29, 0.717) is 5.56 Å². The van der Waals surface area contributed by atoms with Crippen LogP contribution in [-0.2, 0) is 10.0 Å². The summed E-state index contributed by atoms with van der Waals surface area (Å²) in [6.07, 6.45) is 2.73. The lowest BCUT2D eigenvalue weighted by molar-refractivity contribution is 0.249. The minimum Gasteiger partial charge on any atom is -0.384 e. The minimum atomic E-state index is -3.73. The Morgan fingerprint density at radius 2 is 1.90 bits per heavy atom. The highest BCUT2D eigenvalue weighted by Gasteiger charge is 2.34. The number of rotatable bonds is 3. The van der Waals surface area contributed by atoms with E-state index < -0.39 is 10.0 Å². The molecule has 0 bridgehead atoms. The van der Waals surface area contributed by atoms with Crippen molar-refractivity contribution in [3.05, 3.63) is 27.7 Å². The van der Waals surface area contributed by atoms with Crippen molar-refractivity contribution in [2.24, 2.45) is 0 Å². The van der Waals surface area contributed by atoms with Gasteiger partial charge in [0, 0.05) is 18.7 Å². The maximum atomic E-state index is 12.6. The van der Waals surface area contributed by atoms with Crippen LogP contribution in [0.3, 0.4) is 0 Å². The number of benzene rings is 1. The quantitative estimate of drug-likeness (QED) is 0.854. The number of halogens is 2. The largest absolute Gasteiger partial charge is 0.384 e. The first kappa shape index (κ1) is 16.6. The smallest absolute Gasteiger partial charge is 0.246 e. The molecule has 0 heterocycles. The lowest BCUT2D eigenvalue weighted by Gasteiger charge is -2.34. The highest BCUT2D eigenvalue weighted by Crippen LogP contribution is 2.35. The normalized spacial score (nSPS) is 15.5. The van der Waals surface area contributed by atoms with Gasteiger partial charge in [0.25, 0.3) is 0 Å². The molecular weight excluding hydrogens is 333 g/mol. The molecule has 1 saturated carbocycles. The molecule has 1 aromatic carbocycles. The van der Waals surface area contributed by atoms with Crippen LogP contribution in [0.4, 0.5) is 0 Å². The number of sulfonamides is 1. The second-order valence-electron chi connectivity index (χ2n) is 4.83. The summed E-state index contributed by atoms with van der Waals surface area (Å²) >= 11 is 12.2. The highest BCUT2D eigenvalue weighted by molar-refractivity contribution is 7.89. The summed E-state index contributed by atoms with van der Waals surface area (Å²) in [6.45, 7) is -0.292. The highest BCUT2D eigenvalue weighted by atomic mass is 35.5. The first-order chi connectivity index (χ1) is 9.87. The van der Waals surface area contributed by atoms with Crippen molar-refractivity contribution < 1.29 is 13.5 Å². The van der Waals surface area contributed by atoms with Gasteiger partial charge < -0.3 is 5.11 Å². The molecule has 0 unspecified atom stereocenters. The molecule has 1 aromatic rings. The zero-order valence-corrected chi connectivity index (χ0v) is 13.8. The number of hydrogen-bond acceptors (Lipinski definition) is 3. The lowest BCUT2D eigenvalue weighted by atomic mass is 9.94. The predicted molar refractivity (Wildman–Crippen MR) is 83.0 cm³/mol. The maximum absolute atomic E-state index is 12.6. The van der Waals surface area contributed by atoms with Crippen LogP contribution in [0.15, 0.2) is 17.0 Å². The number of aliphatic hydroxyl groups excluding tert-OH is 1. The zero-order chi connectivity index (χ0) is 15.6. The summed E-state index contributed by atoms with van der Waals surface area (Å²) in [4.78, 5) is -0.0882. The summed E-state index contributed by atoms with van der Waals surface area (Å²) in [6, 6.07) is 2.89. The third-order valence-electron chi connectivity index (χ3n) is 3.54. The van der Waals surface area contributed by atoms with E-state index in [2.05, 4.69) is 11.8 Å². The van der Waals surface area contributed by atoms with E-state index >= 15 is 0 Å². The Bertz CT molecular complexity index is 680. The third kappa shape index (κ3) is 3.36. The van der Waals surface area contributed by atoms with Crippen LogP contribution in [-0.4, -0.2) is 37.5 Å². The number of aliphatic hydroxyl groups is 1. The molecule has 1 N–H and O–H groups in total. The molecule has 2 rings (SSSR count). The van der Waals surface area contributed by atoms with Gasteiger partial charge in [-0.05, 0) is 25.0 Å². The molecule has 0 aliphatic heterocycles. The van der Waals surface area contributed by atoms with Gasteiger partial charge in [-0.25, -0.2) is 8.42 Å². The van der Waals surface area contributed by atoms with Gasteiger partial charge in [0.15, 0.2) is 0 Å². The second-order valence-corrected chi connectivity index (χ2v) is 7.58. The van der Waals surface area contributed by atoms with Gasteiger partial charge in [-0.1, -0.05) is 41.5 Å². The molecule has 0 atom stereocenters. The van der Waals surface area contributed by atoms with Crippen LogP contribution in [0, 0.1) is 11.8 Å². The molecule has 4 nitrogen and oxygen atoms in total. The fraction of sp³-hybridized carbons (Fsp3) is 0.429. The van der Waals surface area contributed by atoms with Gasteiger partial charge >= 0.3 is 0 Å². The Labute approximate surface area is 134 Å². The Balaban J connectivity index is 2.43. The average Bonchev–Trinajstić information content (AvgIpc) is 2.33. The fourth-order valence-corrected chi connectivity index (χ4v) is 4.68. The zero-order valence-electron chi connectivity index (χ0n) is 11.4. The van der Waals surface area contributed by atoms with Gasteiger partial charge in [-0.3, -0.25) is 0 Å². The van der Waals surface area contributed by atoms with Crippen molar-refractivity contribution in [1.82, 2.24) is 4.31 Å². The second kappa shape index (κ2) is 6.55. The molecule has 21 heavy (non-hydrogen) atoms. The summed E-state index contributed by atoms with van der Waals surface area (Å²) in [5, 5.41) is 8.75. The summed E-state index contributed by atoms with van der Waals surface area (Å²) in [5.41, 5.74) is 0.462. The average molecular weight is 348 g/mol. The van der Waals surface area contributed by atoms with Crippen molar-refractivity contribution >= 4 is 33.2 Å². The van der Waals surface area contributed by atoms with Crippen LogP contribution < -0.4 is 0 Å². The van der Waals surface area contributed by atoms with Crippen molar-refractivity contribution in [3.63, 3.8) is 0 Å². The number of nitrogens with zero attached hydrogens (tertiary/aromatic N) is 1. The van der Waals surface area contributed by atoms with Crippen LogP contribution >= 0.6 is 23.2 Å². The van der Waals surface area contributed by atoms with Gasteiger partial charge in [0.2, 0.25) is 10.0 Å². The summed E-state index contributed by atoms with van der Waals surface area (Å²) in [7, 11) is -2.18. The first-order valence-corrected chi connectivity index (χ1v) is 8.64. The van der Waals surface area contributed by atoms with E-state index in [1.165, 1.54) is 16.4 Å². The molecular formula is C14H15Cl2NO3S. The van der Waals surface area contributed by atoms with Gasteiger partial charge in [0.05, 0.1) is 10.0 Å². The first-order valence-electron chi connectivity index (χ1n) is 6.44. The maximum Gasteiger partial charge on any atom is 0.246 e. The number of hydrogen-bond donors (Lipinski definition) is 1. The predicted octanol–water partition coefficient (Wildman–Crippen LogP) is 2.51. The molecule has 0 amide bonds. The van der Waals surface area contributed by atoms with Gasteiger partial charge in [-0.15, -0.1) is 0 Å². The van der Waals surface area contributed by atoms with Crippen molar-refractivity contribution in [3.8, 4) is 11.8 Å².